The van der Waals surface area contributed by atoms with Crippen molar-refractivity contribution in [1.29, 1.82) is 0 Å². The third-order valence-corrected chi connectivity index (χ3v) is 3.93. The Morgan fingerprint density at radius 3 is 2.70 bits per heavy atom. The molecule has 0 fully saturated rings. The van der Waals surface area contributed by atoms with Gasteiger partial charge in [0.2, 0.25) is 0 Å². The summed E-state index contributed by atoms with van der Waals surface area (Å²) >= 11 is 1.70. The standard InChI is InChI=1S/C15H17NO3S/c1-9(7-12-5-3-10(2)20-12)16-15(19)13-8-11(17)4-6-14(13)18/h3-6,8-9,17-18H,7H2,1-2H3,(H,16,19). The van der Waals surface area contributed by atoms with Crippen LogP contribution in [0.4, 0.5) is 0 Å². The number of thiophene rings is 1. The molecule has 4 nitrogen and oxygen atoms in total. The number of aromatic hydroxyl groups is 2. The fraction of sp³-hybridized carbons (Fsp3) is 0.267. The van der Waals surface area contributed by atoms with Crippen molar-refractivity contribution in [3.63, 3.8) is 0 Å². The summed E-state index contributed by atoms with van der Waals surface area (Å²) < 4.78 is 0. The zero-order chi connectivity index (χ0) is 14.7. The highest BCUT2D eigenvalue weighted by atomic mass is 32.1. The normalized spacial score (nSPS) is 12.1. The molecule has 0 saturated heterocycles. The zero-order valence-electron chi connectivity index (χ0n) is 11.4. The molecule has 106 valence electrons. The first-order chi connectivity index (χ1) is 9.45. The molecule has 1 amide bonds. The quantitative estimate of drug-likeness (QED) is 0.759. The lowest BCUT2D eigenvalue weighted by Crippen LogP contribution is -2.33. The first kappa shape index (κ1) is 14.4. The lowest BCUT2D eigenvalue weighted by molar-refractivity contribution is 0.0937. The molecule has 2 rings (SSSR count). The van der Waals surface area contributed by atoms with Crippen LogP contribution in [0.2, 0.25) is 0 Å². The van der Waals surface area contributed by atoms with Gasteiger partial charge in [-0.15, -0.1) is 11.3 Å². The van der Waals surface area contributed by atoms with E-state index in [4.69, 9.17) is 0 Å². The molecule has 0 saturated carbocycles. The average molecular weight is 291 g/mol. The third kappa shape index (κ3) is 3.51. The molecule has 2 aromatic rings. The summed E-state index contributed by atoms with van der Waals surface area (Å²) in [7, 11) is 0. The number of phenols is 2. The van der Waals surface area contributed by atoms with Gasteiger partial charge in [0.25, 0.3) is 5.91 Å². The predicted molar refractivity (Wildman–Crippen MR) is 79.5 cm³/mol. The maximum atomic E-state index is 12.0. The van der Waals surface area contributed by atoms with Crippen molar-refractivity contribution in [2.75, 3.05) is 0 Å². The monoisotopic (exact) mass is 291 g/mol. The fourth-order valence-electron chi connectivity index (χ4n) is 1.96. The molecule has 0 radical (unpaired) electrons. The van der Waals surface area contributed by atoms with Crippen LogP contribution in [0.1, 0.15) is 27.0 Å². The minimum atomic E-state index is -0.390. The molecular weight excluding hydrogens is 274 g/mol. The number of benzene rings is 1. The fourth-order valence-corrected chi connectivity index (χ4v) is 2.97. The number of carbonyl (C=O) groups is 1. The Kier molecular flexibility index (Phi) is 4.29. The van der Waals surface area contributed by atoms with Gasteiger partial charge in [0.15, 0.2) is 0 Å². The van der Waals surface area contributed by atoms with E-state index in [9.17, 15) is 15.0 Å². The highest BCUT2D eigenvalue weighted by molar-refractivity contribution is 7.11. The second kappa shape index (κ2) is 5.96. The summed E-state index contributed by atoms with van der Waals surface area (Å²) in [6, 6.07) is 7.94. The average Bonchev–Trinajstić information content (AvgIpc) is 2.77. The van der Waals surface area contributed by atoms with Crippen molar-refractivity contribution < 1.29 is 15.0 Å². The molecule has 5 heteroatoms. The first-order valence-corrected chi connectivity index (χ1v) is 7.15. The highest BCUT2D eigenvalue weighted by Crippen LogP contribution is 2.22. The minimum absolute atomic E-state index is 0.0468. The number of nitrogens with one attached hydrogen (secondary N) is 1. The van der Waals surface area contributed by atoms with E-state index in [2.05, 4.69) is 17.4 Å². The van der Waals surface area contributed by atoms with Crippen molar-refractivity contribution in [2.45, 2.75) is 26.3 Å². The van der Waals surface area contributed by atoms with Crippen LogP contribution < -0.4 is 5.32 Å². The van der Waals surface area contributed by atoms with Gasteiger partial charge in [0.05, 0.1) is 5.56 Å². The van der Waals surface area contributed by atoms with Crippen molar-refractivity contribution in [2.24, 2.45) is 0 Å². The maximum absolute atomic E-state index is 12.0. The molecule has 1 heterocycles. The molecular formula is C15H17NO3S. The summed E-state index contributed by atoms with van der Waals surface area (Å²) in [5.74, 6) is -0.576. The molecule has 0 aliphatic carbocycles. The minimum Gasteiger partial charge on any atom is -0.508 e. The van der Waals surface area contributed by atoms with E-state index in [-0.39, 0.29) is 29.0 Å². The summed E-state index contributed by atoms with van der Waals surface area (Å²) in [4.78, 5) is 14.5. The second-order valence-corrected chi connectivity index (χ2v) is 6.16. The molecule has 0 spiro atoms. The summed E-state index contributed by atoms with van der Waals surface area (Å²) in [5.41, 5.74) is 0.0826. The van der Waals surface area contributed by atoms with E-state index in [1.165, 1.54) is 28.0 Å². The van der Waals surface area contributed by atoms with Gasteiger partial charge in [-0.25, -0.2) is 0 Å². The van der Waals surface area contributed by atoms with Crippen LogP contribution in [0.3, 0.4) is 0 Å². The molecule has 1 unspecified atom stereocenters. The first-order valence-electron chi connectivity index (χ1n) is 6.34. The topological polar surface area (TPSA) is 69.6 Å². The van der Waals surface area contributed by atoms with E-state index < -0.39 is 0 Å². The number of aryl methyl sites for hydroxylation is 1. The van der Waals surface area contributed by atoms with Gasteiger partial charge in [0.1, 0.15) is 11.5 Å². The van der Waals surface area contributed by atoms with Gasteiger partial charge in [-0.2, -0.15) is 0 Å². The van der Waals surface area contributed by atoms with E-state index >= 15 is 0 Å². The smallest absolute Gasteiger partial charge is 0.255 e. The molecule has 1 aromatic heterocycles. The highest BCUT2D eigenvalue weighted by Gasteiger charge is 2.15. The van der Waals surface area contributed by atoms with Crippen LogP contribution in [0.25, 0.3) is 0 Å². The van der Waals surface area contributed by atoms with Gasteiger partial charge in [0, 0.05) is 22.2 Å². The van der Waals surface area contributed by atoms with Crippen LogP contribution in [0, 0.1) is 6.92 Å². The summed E-state index contributed by atoms with van der Waals surface area (Å²) in [6.07, 6.45) is 0.740. The van der Waals surface area contributed by atoms with Crippen molar-refractivity contribution >= 4 is 17.2 Å². The van der Waals surface area contributed by atoms with Crippen LogP contribution in [0.15, 0.2) is 30.3 Å². The van der Waals surface area contributed by atoms with Gasteiger partial charge >= 0.3 is 0 Å². The summed E-state index contributed by atoms with van der Waals surface area (Å²) in [6.45, 7) is 3.95. The number of rotatable bonds is 4. The Hall–Kier alpha value is -2.01. The summed E-state index contributed by atoms with van der Waals surface area (Å²) in [5, 5.41) is 21.8. The van der Waals surface area contributed by atoms with Gasteiger partial charge in [-0.1, -0.05) is 0 Å². The third-order valence-electron chi connectivity index (χ3n) is 2.91. The maximum Gasteiger partial charge on any atom is 0.255 e. The van der Waals surface area contributed by atoms with Gasteiger partial charge in [-0.3, -0.25) is 4.79 Å². The molecule has 20 heavy (non-hydrogen) atoms. The lowest BCUT2D eigenvalue weighted by Gasteiger charge is -2.13. The predicted octanol–water partition coefficient (Wildman–Crippen LogP) is 2.83. The van der Waals surface area contributed by atoms with Crippen LogP contribution in [0.5, 0.6) is 11.5 Å². The largest absolute Gasteiger partial charge is 0.508 e. The molecule has 0 bridgehead atoms. The lowest BCUT2D eigenvalue weighted by atomic mass is 10.1. The molecule has 1 aromatic carbocycles. The number of amides is 1. The second-order valence-electron chi connectivity index (χ2n) is 4.79. The molecule has 3 N–H and O–H groups in total. The van der Waals surface area contributed by atoms with E-state index in [1.54, 1.807) is 11.3 Å². The van der Waals surface area contributed by atoms with Crippen molar-refractivity contribution in [3.8, 4) is 11.5 Å². The Morgan fingerprint density at radius 2 is 2.05 bits per heavy atom. The van der Waals surface area contributed by atoms with E-state index in [0.717, 1.165) is 6.42 Å². The number of hydrogen-bond donors (Lipinski definition) is 3. The Morgan fingerprint density at radius 1 is 1.30 bits per heavy atom. The van der Waals surface area contributed by atoms with E-state index in [0.29, 0.717) is 0 Å². The van der Waals surface area contributed by atoms with E-state index in [1.807, 2.05) is 13.8 Å². The van der Waals surface area contributed by atoms with Crippen LogP contribution in [-0.2, 0) is 6.42 Å². The molecule has 1 atom stereocenters. The number of hydrogen-bond acceptors (Lipinski definition) is 4. The zero-order valence-corrected chi connectivity index (χ0v) is 12.2. The molecule has 0 aliphatic heterocycles. The Labute approximate surface area is 121 Å². The van der Waals surface area contributed by atoms with Crippen molar-refractivity contribution in [1.82, 2.24) is 5.32 Å². The Bertz CT molecular complexity index is 621. The van der Waals surface area contributed by atoms with Gasteiger partial charge < -0.3 is 15.5 Å². The van der Waals surface area contributed by atoms with Crippen LogP contribution in [-0.4, -0.2) is 22.2 Å². The van der Waals surface area contributed by atoms with Crippen molar-refractivity contribution in [3.05, 3.63) is 45.6 Å². The SMILES string of the molecule is Cc1ccc(CC(C)NC(=O)c2cc(O)ccc2O)s1. The Balaban J connectivity index is 2.02. The van der Waals surface area contributed by atoms with Gasteiger partial charge in [-0.05, 0) is 44.2 Å². The number of carbonyl (C=O) groups excluding carboxylic acids is 1. The van der Waals surface area contributed by atoms with Crippen LogP contribution >= 0.6 is 11.3 Å². The molecule has 0 aliphatic rings. The number of phenolic OH excluding ortho intramolecular Hbond substituents is 2.